The molecule has 0 aliphatic heterocycles. The Morgan fingerprint density at radius 3 is 2.22 bits per heavy atom. The number of hydrogen-bond acceptors (Lipinski definition) is 5. The van der Waals surface area contributed by atoms with E-state index in [-0.39, 0.29) is 11.7 Å². The molecule has 0 aliphatic rings. The minimum atomic E-state index is -0.877. The van der Waals surface area contributed by atoms with Crippen molar-refractivity contribution in [1.82, 2.24) is 14.5 Å². The summed E-state index contributed by atoms with van der Waals surface area (Å²) < 4.78 is 3.08. The first kappa shape index (κ1) is 22.4. The molecule has 8 heteroatoms. The van der Waals surface area contributed by atoms with Crippen LogP contribution in [0.5, 0.6) is 0 Å². The van der Waals surface area contributed by atoms with Crippen LogP contribution < -0.4 is 0 Å². The minimum absolute atomic E-state index is 0.0492. The third-order valence-corrected chi connectivity index (χ3v) is 6.69. The van der Waals surface area contributed by atoms with E-state index in [1.165, 1.54) is 11.8 Å². The number of benzene rings is 3. The molecule has 0 amide bonds. The van der Waals surface area contributed by atoms with Gasteiger partial charge in [0, 0.05) is 15.3 Å². The molecule has 1 atom stereocenters. The van der Waals surface area contributed by atoms with Gasteiger partial charge in [-0.1, -0.05) is 88.4 Å². The molecule has 3 aromatic carbocycles. The molecule has 160 valence electrons. The van der Waals surface area contributed by atoms with Crippen molar-refractivity contribution in [3.05, 3.63) is 99.7 Å². The Labute approximate surface area is 203 Å². The fourth-order valence-corrected chi connectivity index (χ4v) is 4.99. The molecular weight excluding hydrogens is 506 g/mol. The van der Waals surface area contributed by atoms with Crippen LogP contribution in [0.2, 0.25) is 0 Å². The van der Waals surface area contributed by atoms with Crippen molar-refractivity contribution < 1.29 is 9.90 Å². The second-order valence-electron chi connectivity index (χ2n) is 6.91. The van der Waals surface area contributed by atoms with Gasteiger partial charge in [0.25, 0.3) is 0 Å². The van der Waals surface area contributed by atoms with E-state index in [0.29, 0.717) is 15.8 Å². The van der Waals surface area contributed by atoms with Crippen LogP contribution in [0.25, 0.3) is 17.1 Å². The molecule has 4 rings (SSSR count). The molecule has 1 N–H and O–H groups in total. The van der Waals surface area contributed by atoms with Gasteiger partial charge < -0.3 is 5.11 Å². The maximum atomic E-state index is 11.6. The summed E-state index contributed by atoms with van der Waals surface area (Å²) in [6.45, 7) is 0. The van der Waals surface area contributed by atoms with Gasteiger partial charge in [-0.2, -0.15) is 4.98 Å². The minimum Gasteiger partial charge on any atom is -0.481 e. The van der Waals surface area contributed by atoms with Crippen molar-refractivity contribution >= 4 is 45.9 Å². The zero-order valence-corrected chi connectivity index (χ0v) is 20.0. The average molecular weight is 524 g/mol. The molecule has 4 aromatic rings. The predicted molar refractivity (Wildman–Crippen MR) is 133 cm³/mol. The Balaban J connectivity index is 1.86. The van der Waals surface area contributed by atoms with Crippen molar-refractivity contribution in [1.29, 1.82) is 0 Å². The third kappa shape index (κ3) is 5.32. The monoisotopic (exact) mass is 523 g/mol. The zero-order chi connectivity index (χ0) is 22.5. The molecule has 0 saturated carbocycles. The summed E-state index contributed by atoms with van der Waals surface area (Å²) in [5.41, 5.74) is 2.56. The van der Waals surface area contributed by atoms with Crippen molar-refractivity contribution in [2.75, 3.05) is 0 Å². The second kappa shape index (κ2) is 10.2. The van der Waals surface area contributed by atoms with Crippen molar-refractivity contribution in [3.63, 3.8) is 0 Å². The van der Waals surface area contributed by atoms with Gasteiger partial charge in [0.1, 0.15) is 0 Å². The standard InChI is InChI=1S/C24H18BrN3O2S2/c25-18-11-13-19(14-12-18)28-23(31)26-22(17-9-5-2-6-10-17)27-24(28)32-20(15-21(29)30)16-7-3-1-4-8-16/h1-14,20H,15H2,(H,29,30). The number of hydrogen-bond donors (Lipinski definition) is 1. The molecule has 1 aromatic heterocycles. The van der Waals surface area contributed by atoms with Crippen molar-refractivity contribution in [2.24, 2.45) is 0 Å². The lowest BCUT2D eigenvalue weighted by molar-refractivity contribution is -0.137. The maximum absolute atomic E-state index is 11.6. The summed E-state index contributed by atoms with van der Waals surface area (Å²) >= 11 is 10.5. The molecule has 0 aliphatic carbocycles. The van der Waals surface area contributed by atoms with Crippen LogP contribution in [-0.2, 0) is 4.79 Å². The van der Waals surface area contributed by atoms with Crippen LogP contribution in [0.15, 0.2) is 94.6 Å². The highest BCUT2D eigenvalue weighted by Crippen LogP contribution is 2.38. The zero-order valence-electron chi connectivity index (χ0n) is 16.8. The summed E-state index contributed by atoms with van der Waals surface area (Å²) in [4.78, 5) is 21.0. The van der Waals surface area contributed by atoms with E-state index in [0.717, 1.165) is 21.3 Å². The maximum Gasteiger partial charge on any atom is 0.304 e. The van der Waals surface area contributed by atoms with Crippen molar-refractivity contribution in [3.8, 4) is 17.1 Å². The summed E-state index contributed by atoms with van der Waals surface area (Å²) in [5, 5.41) is 9.79. The number of aromatic nitrogens is 3. The molecule has 0 fully saturated rings. The molecule has 1 heterocycles. The van der Waals surface area contributed by atoms with Gasteiger partial charge in [-0.05, 0) is 42.0 Å². The molecule has 1 unspecified atom stereocenters. The third-order valence-electron chi connectivity index (χ3n) is 4.68. The van der Waals surface area contributed by atoms with Gasteiger partial charge in [0.15, 0.2) is 11.0 Å². The van der Waals surface area contributed by atoms with Gasteiger partial charge in [-0.15, -0.1) is 0 Å². The number of thioether (sulfide) groups is 1. The molecule has 0 saturated heterocycles. The summed E-state index contributed by atoms with van der Waals surface area (Å²) in [6, 6.07) is 26.9. The number of nitrogens with zero attached hydrogens (tertiary/aromatic N) is 3. The van der Waals surface area contributed by atoms with E-state index in [1.807, 2.05) is 84.9 Å². The SMILES string of the molecule is O=C(O)CC(Sc1nc(-c2ccccc2)nc(=S)n1-c1ccc(Br)cc1)c1ccccc1. The predicted octanol–water partition coefficient (Wildman–Crippen LogP) is 6.73. The van der Waals surface area contributed by atoms with E-state index in [9.17, 15) is 9.90 Å². The highest BCUT2D eigenvalue weighted by atomic mass is 79.9. The van der Waals surface area contributed by atoms with Crippen molar-refractivity contribution in [2.45, 2.75) is 16.8 Å². The Bertz CT molecular complexity index is 1280. The van der Waals surface area contributed by atoms with Gasteiger partial charge in [-0.25, -0.2) is 4.98 Å². The lowest BCUT2D eigenvalue weighted by Gasteiger charge is -2.19. The number of carbonyl (C=O) groups is 1. The summed E-state index contributed by atoms with van der Waals surface area (Å²) in [7, 11) is 0. The fourth-order valence-electron chi connectivity index (χ4n) is 3.18. The highest BCUT2D eigenvalue weighted by Gasteiger charge is 2.21. The Kier molecular flexibility index (Phi) is 7.14. The van der Waals surface area contributed by atoms with Crippen LogP contribution in [-0.4, -0.2) is 25.6 Å². The molecule has 0 bridgehead atoms. The van der Waals surface area contributed by atoms with E-state index in [4.69, 9.17) is 17.2 Å². The fraction of sp³-hybridized carbons (Fsp3) is 0.0833. The van der Waals surface area contributed by atoms with Crippen LogP contribution in [0.1, 0.15) is 17.2 Å². The Morgan fingerprint density at radius 2 is 1.59 bits per heavy atom. The number of aliphatic carboxylic acids is 1. The number of carboxylic acid groups (broad SMARTS) is 1. The summed E-state index contributed by atoms with van der Waals surface area (Å²) in [6.07, 6.45) is -0.0492. The summed E-state index contributed by atoms with van der Waals surface area (Å²) in [5.74, 6) is -0.369. The first-order valence-corrected chi connectivity index (χ1v) is 11.9. The molecule has 32 heavy (non-hydrogen) atoms. The van der Waals surface area contributed by atoms with E-state index < -0.39 is 5.97 Å². The van der Waals surface area contributed by atoms with Crippen LogP contribution in [0.4, 0.5) is 0 Å². The van der Waals surface area contributed by atoms with E-state index in [1.54, 1.807) is 4.57 Å². The topological polar surface area (TPSA) is 68.0 Å². The average Bonchev–Trinajstić information content (AvgIpc) is 2.80. The second-order valence-corrected chi connectivity index (χ2v) is 9.36. The first-order chi connectivity index (χ1) is 15.5. The van der Waals surface area contributed by atoms with Gasteiger partial charge in [-0.3, -0.25) is 9.36 Å². The first-order valence-electron chi connectivity index (χ1n) is 9.77. The van der Waals surface area contributed by atoms with Crippen LogP contribution >= 0.6 is 39.9 Å². The lowest BCUT2D eigenvalue weighted by atomic mass is 10.1. The largest absolute Gasteiger partial charge is 0.481 e. The highest BCUT2D eigenvalue weighted by molar-refractivity contribution is 9.10. The van der Waals surface area contributed by atoms with Crippen LogP contribution in [0, 0.1) is 4.77 Å². The molecule has 5 nitrogen and oxygen atoms in total. The van der Waals surface area contributed by atoms with Gasteiger partial charge in [0.2, 0.25) is 4.77 Å². The normalized spacial score (nSPS) is 11.8. The number of halogens is 1. The van der Waals surface area contributed by atoms with E-state index in [2.05, 4.69) is 20.9 Å². The molecule has 0 radical (unpaired) electrons. The van der Waals surface area contributed by atoms with Crippen LogP contribution in [0.3, 0.4) is 0 Å². The Morgan fingerprint density at radius 1 is 0.969 bits per heavy atom. The number of carboxylic acids is 1. The van der Waals surface area contributed by atoms with Gasteiger partial charge >= 0.3 is 5.97 Å². The quantitative estimate of drug-likeness (QED) is 0.214. The number of rotatable bonds is 7. The van der Waals surface area contributed by atoms with E-state index >= 15 is 0 Å². The molecular formula is C24H18BrN3O2S2. The lowest BCUT2D eigenvalue weighted by Crippen LogP contribution is -2.10. The Hall–Kier alpha value is -2.81. The van der Waals surface area contributed by atoms with Gasteiger partial charge in [0.05, 0.1) is 12.1 Å². The molecule has 0 spiro atoms. The smallest absolute Gasteiger partial charge is 0.304 e.